The average molecular weight is 451 g/mol. The SMILES string of the molecule is O=C(Cn1nc2n(c1=O)CCCCC2)NC1CCN(Cc2cccc(C(F)(F)F)c2)CC1. The molecule has 174 valence electrons. The minimum atomic E-state index is -4.34. The van der Waals surface area contributed by atoms with Crippen molar-refractivity contribution in [2.24, 2.45) is 0 Å². The Kier molecular flexibility index (Phi) is 6.68. The van der Waals surface area contributed by atoms with Crippen LogP contribution in [0, 0.1) is 0 Å². The van der Waals surface area contributed by atoms with Crippen LogP contribution in [0.3, 0.4) is 0 Å². The molecule has 0 spiro atoms. The Hall–Kier alpha value is -2.62. The van der Waals surface area contributed by atoms with E-state index in [-0.39, 0.29) is 24.2 Å². The Morgan fingerprint density at radius 3 is 2.66 bits per heavy atom. The van der Waals surface area contributed by atoms with Gasteiger partial charge in [-0.1, -0.05) is 24.6 Å². The fourth-order valence-corrected chi connectivity index (χ4v) is 4.48. The Labute approximate surface area is 184 Å². The summed E-state index contributed by atoms with van der Waals surface area (Å²) in [6, 6.07) is 5.39. The highest BCUT2D eigenvalue weighted by Gasteiger charge is 2.30. The lowest BCUT2D eigenvalue weighted by Gasteiger charge is -2.32. The molecule has 1 N–H and O–H groups in total. The molecule has 3 heterocycles. The zero-order valence-corrected chi connectivity index (χ0v) is 17.9. The zero-order valence-electron chi connectivity index (χ0n) is 17.9. The quantitative estimate of drug-likeness (QED) is 0.759. The summed E-state index contributed by atoms with van der Waals surface area (Å²) in [6.07, 6.45) is 0.858. The summed E-state index contributed by atoms with van der Waals surface area (Å²) in [5.74, 6) is 0.514. The number of carbonyl (C=O) groups is 1. The van der Waals surface area contributed by atoms with Gasteiger partial charge in [0.25, 0.3) is 0 Å². The first-order valence-electron chi connectivity index (χ1n) is 11.1. The molecule has 0 aliphatic carbocycles. The van der Waals surface area contributed by atoms with Crippen LogP contribution in [0.4, 0.5) is 13.2 Å². The Balaban J connectivity index is 1.26. The molecule has 2 aliphatic rings. The van der Waals surface area contributed by atoms with Crippen LogP contribution in [0.1, 0.15) is 49.1 Å². The Bertz CT molecular complexity index is 1010. The number of rotatable bonds is 5. The first-order valence-corrected chi connectivity index (χ1v) is 11.1. The van der Waals surface area contributed by atoms with E-state index in [1.807, 2.05) is 0 Å². The van der Waals surface area contributed by atoms with Crippen LogP contribution in [0.15, 0.2) is 29.1 Å². The number of nitrogens with one attached hydrogen (secondary N) is 1. The zero-order chi connectivity index (χ0) is 22.7. The summed E-state index contributed by atoms with van der Waals surface area (Å²) >= 11 is 0. The number of benzene rings is 1. The molecular weight excluding hydrogens is 423 g/mol. The largest absolute Gasteiger partial charge is 0.416 e. The van der Waals surface area contributed by atoms with Crippen LogP contribution < -0.4 is 11.0 Å². The van der Waals surface area contributed by atoms with Crippen molar-refractivity contribution in [3.05, 3.63) is 51.7 Å². The third-order valence-corrected chi connectivity index (χ3v) is 6.19. The van der Waals surface area contributed by atoms with Crippen molar-refractivity contribution in [3.63, 3.8) is 0 Å². The molecule has 2 aliphatic heterocycles. The van der Waals surface area contributed by atoms with Crippen LogP contribution in [0.25, 0.3) is 0 Å². The third-order valence-electron chi connectivity index (χ3n) is 6.19. The van der Waals surface area contributed by atoms with Crippen molar-refractivity contribution < 1.29 is 18.0 Å². The summed E-state index contributed by atoms with van der Waals surface area (Å²) in [5.41, 5.74) is -0.238. The lowest BCUT2D eigenvalue weighted by molar-refractivity contribution is -0.137. The molecule has 0 unspecified atom stereocenters. The maximum Gasteiger partial charge on any atom is 0.416 e. The molecule has 2 aromatic rings. The molecule has 0 atom stereocenters. The van der Waals surface area contributed by atoms with Crippen LogP contribution in [-0.4, -0.2) is 44.3 Å². The van der Waals surface area contributed by atoms with Gasteiger partial charge in [0, 0.05) is 38.6 Å². The molecule has 32 heavy (non-hydrogen) atoms. The van der Waals surface area contributed by atoms with Gasteiger partial charge in [0.1, 0.15) is 12.4 Å². The molecule has 1 aromatic carbocycles. The van der Waals surface area contributed by atoms with Crippen LogP contribution >= 0.6 is 0 Å². The molecule has 1 aromatic heterocycles. The number of fused-ring (bicyclic) bond motifs is 1. The highest BCUT2D eigenvalue weighted by molar-refractivity contribution is 5.75. The van der Waals surface area contributed by atoms with Crippen LogP contribution in [0.2, 0.25) is 0 Å². The van der Waals surface area contributed by atoms with Gasteiger partial charge in [-0.3, -0.25) is 14.3 Å². The van der Waals surface area contributed by atoms with Gasteiger partial charge in [-0.25, -0.2) is 9.48 Å². The number of hydrogen-bond acceptors (Lipinski definition) is 4. The number of alkyl halides is 3. The monoisotopic (exact) mass is 451 g/mol. The fourth-order valence-electron chi connectivity index (χ4n) is 4.48. The summed E-state index contributed by atoms with van der Waals surface area (Å²) in [7, 11) is 0. The van der Waals surface area contributed by atoms with Crippen molar-refractivity contribution in [2.45, 2.75) is 70.4 Å². The molecule has 0 bridgehead atoms. The van der Waals surface area contributed by atoms with Crippen molar-refractivity contribution >= 4 is 5.91 Å². The number of aromatic nitrogens is 3. The number of carbonyl (C=O) groups excluding carboxylic acids is 1. The second kappa shape index (κ2) is 9.48. The van der Waals surface area contributed by atoms with E-state index in [0.29, 0.717) is 44.6 Å². The van der Waals surface area contributed by atoms with Gasteiger partial charge < -0.3 is 5.32 Å². The van der Waals surface area contributed by atoms with Gasteiger partial charge in [0.2, 0.25) is 5.91 Å². The number of piperidine rings is 1. The van der Waals surface area contributed by atoms with E-state index < -0.39 is 11.7 Å². The van der Waals surface area contributed by atoms with E-state index >= 15 is 0 Å². The molecule has 1 amide bonds. The summed E-state index contributed by atoms with van der Waals surface area (Å²) in [5, 5.41) is 7.32. The molecule has 0 saturated carbocycles. The maximum absolute atomic E-state index is 12.9. The number of nitrogens with zero attached hydrogens (tertiary/aromatic N) is 4. The van der Waals surface area contributed by atoms with Gasteiger partial charge in [-0.15, -0.1) is 0 Å². The number of aryl methyl sites for hydroxylation is 1. The lowest BCUT2D eigenvalue weighted by atomic mass is 10.0. The second-order valence-electron chi connectivity index (χ2n) is 8.63. The van der Waals surface area contributed by atoms with Gasteiger partial charge in [0.05, 0.1) is 5.56 Å². The van der Waals surface area contributed by atoms with E-state index in [1.54, 1.807) is 10.6 Å². The Morgan fingerprint density at radius 1 is 1.12 bits per heavy atom. The Morgan fingerprint density at radius 2 is 1.91 bits per heavy atom. The first kappa shape index (κ1) is 22.6. The molecule has 4 rings (SSSR count). The van der Waals surface area contributed by atoms with E-state index in [4.69, 9.17) is 0 Å². The molecule has 10 heteroatoms. The summed E-state index contributed by atoms with van der Waals surface area (Å²) in [6.45, 7) is 2.36. The normalized spacial score (nSPS) is 18.2. The fraction of sp³-hybridized carbons (Fsp3) is 0.591. The molecule has 0 radical (unpaired) electrons. The topological polar surface area (TPSA) is 72.2 Å². The standard InChI is InChI=1S/C22H28F3N5O2/c23-22(24,25)17-6-4-5-16(13-17)14-28-11-8-18(9-12-28)26-20(31)15-30-21(32)29-10-3-1-2-7-19(29)27-30/h4-6,13,18H,1-3,7-12,14-15H2,(H,26,31). The molecule has 7 nitrogen and oxygen atoms in total. The van der Waals surface area contributed by atoms with Gasteiger partial charge in [0.15, 0.2) is 0 Å². The van der Waals surface area contributed by atoms with Gasteiger partial charge in [-0.2, -0.15) is 18.3 Å². The maximum atomic E-state index is 12.9. The number of likely N-dealkylation sites (tertiary alicyclic amines) is 1. The predicted molar refractivity (Wildman–Crippen MR) is 112 cm³/mol. The minimum Gasteiger partial charge on any atom is -0.352 e. The van der Waals surface area contributed by atoms with Crippen molar-refractivity contribution in [3.8, 4) is 0 Å². The van der Waals surface area contributed by atoms with Crippen molar-refractivity contribution in [1.29, 1.82) is 0 Å². The third kappa shape index (κ3) is 5.40. The number of hydrogen-bond donors (Lipinski definition) is 1. The average Bonchev–Trinajstić information content (AvgIpc) is 2.91. The summed E-state index contributed by atoms with van der Waals surface area (Å²) in [4.78, 5) is 27.1. The molecule has 1 saturated heterocycles. The summed E-state index contributed by atoms with van der Waals surface area (Å²) < 4.78 is 41.6. The van der Waals surface area contributed by atoms with Crippen LogP contribution in [0.5, 0.6) is 0 Å². The molecular formula is C22H28F3N5O2. The van der Waals surface area contributed by atoms with E-state index in [1.165, 1.54) is 16.8 Å². The van der Waals surface area contributed by atoms with E-state index in [9.17, 15) is 22.8 Å². The lowest BCUT2D eigenvalue weighted by Crippen LogP contribution is -2.46. The van der Waals surface area contributed by atoms with Crippen molar-refractivity contribution in [2.75, 3.05) is 13.1 Å². The highest BCUT2D eigenvalue weighted by atomic mass is 19.4. The van der Waals surface area contributed by atoms with Gasteiger partial charge >= 0.3 is 11.9 Å². The van der Waals surface area contributed by atoms with E-state index in [2.05, 4.69) is 15.3 Å². The van der Waals surface area contributed by atoms with Gasteiger partial charge in [-0.05, 0) is 37.3 Å². The number of amides is 1. The van der Waals surface area contributed by atoms with Crippen molar-refractivity contribution in [1.82, 2.24) is 24.6 Å². The highest BCUT2D eigenvalue weighted by Crippen LogP contribution is 2.30. The minimum absolute atomic E-state index is 0.0172. The van der Waals surface area contributed by atoms with E-state index in [0.717, 1.165) is 37.6 Å². The second-order valence-corrected chi connectivity index (χ2v) is 8.63. The smallest absolute Gasteiger partial charge is 0.352 e. The number of halogens is 3. The van der Waals surface area contributed by atoms with Crippen LogP contribution in [-0.2, 0) is 37.0 Å². The predicted octanol–water partition coefficient (Wildman–Crippen LogP) is 2.57. The molecule has 1 fully saturated rings. The first-order chi connectivity index (χ1) is 15.3.